The maximum absolute atomic E-state index is 14.4. The van der Waals surface area contributed by atoms with Crippen molar-refractivity contribution in [2.75, 3.05) is 19.8 Å². The first-order valence-corrected chi connectivity index (χ1v) is 14.2. The second-order valence-electron chi connectivity index (χ2n) is 8.22. The highest BCUT2D eigenvalue weighted by Crippen LogP contribution is 2.25. The molecule has 0 aliphatic rings. The average molecular weight is 491 g/mol. The minimum atomic E-state index is -2.47. The molecule has 2 atom stereocenters. The molecule has 2 unspecified atom stereocenters. The summed E-state index contributed by atoms with van der Waals surface area (Å²) in [5, 5.41) is 0.744. The zero-order valence-electron chi connectivity index (χ0n) is 19.9. The van der Waals surface area contributed by atoms with Crippen LogP contribution in [0.25, 0.3) is 22.1 Å². The third kappa shape index (κ3) is 6.98. The lowest BCUT2D eigenvalue weighted by atomic mass is 10.1. The molecule has 0 aliphatic heterocycles. The molecule has 3 aromatic rings. The van der Waals surface area contributed by atoms with Crippen molar-refractivity contribution < 1.29 is 26.8 Å². The Kier molecular flexibility index (Phi) is 9.38. The first-order valence-electron chi connectivity index (χ1n) is 11.7. The van der Waals surface area contributed by atoms with Crippen LogP contribution in [0, 0.1) is 0 Å². The fraction of sp³-hybridized carbons (Fsp3) is 0.423. The molecule has 3 rings (SSSR count). The van der Waals surface area contributed by atoms with E-state index in [4.69, 9.17) is 18.0 Å². The molecule has 2 aromatic carbocycles. The smallest absolute Gasteiger partial charge is 0.344 e. The van der Waals surface area contributed by atoms with Crippen molar-refractivity contribution in [2.24, 2.45) is 0 Å². The van der Waals surface area contributed by atoms with Crippen molar-refractivity contribution in [2.45, 2.75) is 51.6 Å². The maximum atomic E-state index is 14.4. The van der Waals surface area contributed by atoms with Crippen molar-refractivity contribution in [1.82, 2.24) is 0 Å². The third-order valence-corrected chi connectivity index (χ3v) is 8.62. The molecular weight excluding hydrogens is 458 g/mol. The van der Waals surface area contributed by atoms with Crippen LogP contribution in [0.3, 0.4) is 0 Å². The fourth-order valence-electron chi connectivity index (χ4n) is 3.85. The van der Waals surface area contributed by atoms with E-state index < -0.39 is 26.5 Å². The summed E-state index contributed by atoms with van der Waals surface area (Å²) in [7, 11) is -2.47. The van der Waals surface area contributed by atoms with Gasteiger partial charge in [-0.15, -0.1) is 0 Å². The molecule has 8 heteroatoms. The number of halogens is 2. The molecule has 0 amide bonds. The second kappa shape index (κ2) is 12.2. The Morgan fingerprint density at radius 1 is 0.941 bits per heavy atom. The summed E-state index contributed by atoms with van der Waals surface area (Å²) in [5.74, 6) is 0.429. The van der Waals surface area contributed by atoms with Crippen molar-refractivity contribution in [3.05, 3.63) is 65.0 Å². The first kappa shape index (κ1) is 26.1. The van der Waals surface area contributed by atoms with Gasteiger partial charge in [0.1, 0.15) is 23.7 Å². The summed E-state index contributed by atoms with van der Waals surface area (Å²) in [5.41, 5.74) is 1.18. The molecule has 0 saturated carbocycles. The summed E-state index contributed by atoms with van der Waals surface area (Å²) in [6, 6.07) is 16.5. The van der Waals surface area contributed by atoms with E-state index in [-0.39, 0.29) is 19.4 Å². The van der Waals surface area contributed by atoms with Gasteiger partial charge in [-0.1, -0.05) is 30.3 Å². The highest BCUT2D eigenvalue weighted by molar-refractivity contribution is 6.66. The topological polar surface area (TPSA) is 57.9 Å². The molecule has 0 spiro atoms. The van der Waals surface area contributed by atoms with E-state index in [1.54, 1.807) is 24.3 Å². The highest BCUT2D eigenvalue weighted by Gasteiger charge is 2.33. The number of ether oxygens (including phenoxy) is 1. The van der Waals surface area contributed by atoms with Crippen LogP contribution in [0.4, 0.5) is 8.78 Å². The predicted molar refractivity (Wildman–Crippen MR) is 132 cm³/mol. The Morgan fingerprint density at radius 2 is 1.62 bits per heavy atom. The summed E-state index contributed by atoms with van der Waals surface area (Å²) in [6.45, 7) is 6.60. The Morgan fingerprint density at radius 3 is 2.29 bits per heavy atom. The number of hydrogen-bond donors (Lipinski definition) is 0. The minimum absolute atomic E-state index is 0.00500. The van der Waals surface area contributed by atoms with Gasteiger partial charge in [-0.3, -0.25) is 0 Å². The van der Waals surface area contributed by atoms with Crippen molar-refractivity contribution in [3.63, 3.8) is 0 Å². The summed E-state index contributed by atoms with van der Waals surface area (Å²) < 4.78 is 51.2. The zero-order chi connectivity index (χ0) is 24.6. The minimum Gasteiger partial charge on any atom is -0.493 e. The second-order valence-corrected chi connectivity index (χ2v) is 11.6. The van der Waals surface area contributed by atoms with Gasteiger partial charge < -0.3 is 18.0 Å². The van der Waals surface area contributed by atoms with Gasteiger partial charge in [0.05, 0.1) is 12.2 Å². The highest BCUT2D eigenvalue weighted by atomic mass is 28.4. The number of benzene rings is 2. The normalized spacial score (nSPS) is 13.7. The van der Waals surface area contributed by atoms with Gasteiger partial charge in [-0.05, 0) is 56.6 Å². The number of rotatable bonds is 13. The van der Waals surface area contributed by atoms with Crippen LogP contribution in [-0.4, -0.2) is 40.7 Å². The molecule has 5 nitrogen and oxygen atoms in total. The van der Waals surface area contributed by atoms with Crippen molar-refractivity contribution in [1.29, 1.82) is 0 Å². The van der Waals surface area contributed by atoms with Gasteiger partial charge in [-0.2, -0.15) is 0 Å². The zero-order valence-corrected chi connectivity index (χ0v) is 20.9. The van der Waals surface area contributed by atoms with Crippen LogP contribution in [0.1, 0.15) is 26.7 Å². The first-order chi connectivity index (χ1) is 16.3. The standard InChI is InChI=1S/C26H32F2O5Si/c1-4-31-34(3,32-5-2)16-14-24(28)23(27)13-15-30-21-12-11-20-17-22(19-9-7-6-8-10-19)26(29)33-25(20)18-21/h6-12,17-18,23-24H,4-5,13-16H2,1-3H3. The van der Waals surface area contributed by atoms with E-state index in [0.29, 0.717) is 36.2 Å². The lowest BCUT2D eigenvalue weighted by Gasteiger charge is -2.27. The van der Waals surface area contributed by atoms with Gasteiger partial charge in [0, 0.05) is 31.1 Å². The molecule has 0 radical (unpaired) electrons. The molecule has 0 fully saturated rings. The van der Waals surface area contributed by atoms with Crippen LogP contribution in [0.5, 0.6) is 5.75 Å². The third-order valence-electron chi connectivity index (χ3n) is 5.62. The SMILES string of the molecule is CCO[Si](C)(CCC(F)C(F)CCOc1ccc2cc(-c3ccccc3)c(=O)oc2c1)OCC. The molecular formula is C26H32F2O5Si. The monoisotopic (exact) mass is 490 g/mol. The summed E-state index contributed by atoms with van der Waals surface area (Å²) in [4.78, 5) is 12.4. The Balaban J connectivity index is 1.55. The Bertz CT molecular complexity index is 1100. The fourth-order valence-corrected chi connectivity index (χ4v) is 6.24. The van der Waals surface area contributed by atoms with Gasteiger partial charge in [0.25, 0.3) is 0 Å². The molecule has 1 heterocycles. The van der Waals surface area contributed by atoms with E-state index in [0.717, 1.165) is 10.9 Å². The van der Waals surface area contributed by atoms with E-state index in [1.165, 1.54) is 0 Å². The molecule has 34 heavy (non-hydrogen) atoms. The van der Waals surface area contributed by atoms with Crippen LogP contribution in [-0.2, 0) is 8.85 Å². The predicted octanol–water partition coefficient (Wildman–Crippen LogP) is 6.44. The van der Waals surface area contributed by atoms with E-state index in [2.05, 4.69) is 0 Å². The molecule has 0 saturated heterocycles. The lowest BCUT2D eigenvalue weighted by Crippen LogP contribution is -2.39. The van der Waals surface area contributed by atoms with Gasteiger partial charge in [-0.25, -0.2) is 13.6 Å². The molecule has 0 aliphatic carbocycles. The Hall–Kier alpha value is -2.55. The Labute approximate surface area is 199 Å². The number of fused-ring (bicyclic) bond motifs is 1. The average Bonchev–Trinajstić information content (AvgIpc) is 2.83. The summed E-state index contributed by atoms with van der Waals surface area (Å²) in [6.07, 6.45) is -3.29. The molecule has 0 N–H and O–H groups in total. The number of alkyl halides is 2. The molecule has 0 bridgehead atoms. The van der Waals surface area contributed by atoms with Crippen LogP contribution in [0.15, 0.2) is 63.8 Å². The van der Waals surface area contributed by atoms with E-state index in [9.17, 15) is 13.6 Å². The van der Waals surface area contributed by atoms with Gasteiger partial charge in [0.2, 0.25) is 0 Å². The van der Waals surface area contributed by atoms with E-state index >= 15 is 0 Å². The van der Waals surface area contributed by atoms with Crippen LogP contribution in [0.2, 0.25) is 12.6 Å². The van der Waals surface area contributed by atoms with Gasteiger partial charge in [0.15, 0.2) is 0 Å². The maximum Gasteiger partial charge on any atom is 0.344 e. The van der Waals surface area contributed by atoms with Crippen LogP contribution < -0.4 is 10.4 Å². The van der Waals surface area contributed by atoms with E-state index in [1.807, 2.05) is 50.7 Å². The van der Waals surface area contributed by atoms with Crippen molar-refractivity contribution in [3.8, 4) is 16.9 Å². The molecule has 1 aromatic heterocycles. The largest absolute Gasteiger partial charge is 0.493 e. The van der Waals surface area contributed by atoms with Gasteiger partial charge >= 0.3 is 14.2 Å². The quantitative estimate of drug-likeness (QED) is 0.204. The molecule has 184 valence electrons. The summed E-state index contributed by atoms with van der Waals surface area (Å²) >= 11 is 0. The number of hydrogen-bond acceptors (Lipinski definition) is 5. The van der Waals surface area contributed by atoms with Crippen LogP contribution >= 0.6 is 0 Å². The lowest BCUT2D eigenvalue weighted by molar-refractivity contribution is 0.127. The van der Waals surface area contributed by atoms with Crippen molar-refractivity contribution >= 4 is 19.5 Å².